The second kappa shape index (κ2) is 6.48. The first-order valence-corrected chi connectivity index (χ1v) is 7.64. The van der Waals surface area contributed by atoms with Gasteiger partial charge in [0.1, 0.15) is 5.75 Å². The van der Waals surface area contributed by atoms with Gasteiger partial charge in [0.25, 0.3) is 0 Å². The average molecular weight is 291 g/mol. The van der Waals surface area contributed by atoms with Gasteiger partial charge in [-0.25, -0.2) is 0 Å². The Labute approximate surface area is 126 Å². The van der Waals surface area contributed by atoms with Crippen LogP contribution in [0.25, 0.3) is 0 Å². The molecule has 0 amide bonds. The quantitative estimate of drug-likeness (QED) is 0.904. The number of carboxylic acids is 1. The highest BCUT2D eigenvalue weighted by Crippen LogP contribution is 2.37. The molecule has 4 heteroatoms. The van der Waals surface area contributed by atoms with Crippen molar-refractivity contribution < 1.29 is 14.6 Å². The Morgan fingerprint density at radius 2 is 2.29 bits per heavy atom. The number of rotatable bonds is 5. The van der Waals surface area contributed by atoms with Crippen LogP contribution in [0.2, 0.25) is 0 Å². The van der Waals surface area contributed by atoms with E-state index in [1.807, 2.05) is 25.1 Å². The molecule has 21 heavy (non-hydrogen) atoms. The van der Waals surface area contributed by atoms with Crippen molar-refractivity contribution in [3.05, 3.63) is 29.8 Å². The molecule has 1 heterocycles. The van der Waals surface area contributed by atoms with Gasteiger partial charge in [-0.05, 0) is 50.4 Å². The van der Waals surface area contributed by atoms with Crippen molar-refractivity contribution in [2.24, 2.45) is 5.41 Å². The van der Waals surface area contributed by atoms with E-state index in [1.165, 1.54) is 5.56 Å². The third-order valence-corrected chi connectivity index (χ3v) is 4.86. The maximum Gasteiger partial charge on any atom is 0.310 e. The van der Waals surface area contributed by atoms with Crippen molar-refractivity contribution in [1.29, 1.82) is 0 Å². The lowest BCUT2D eigenvalue weighted by molar-refractivity contribution is -0.153. The molecule has 2 rings (SSSR count). The summed E-state index contributed by atoms with van der Waals surface area (Å²) in [4.78, 5) is 14.0. The summed E-state index contributed by atoms with van der Waals surface area (Å²) in [5.74, 6) is 0.184. The number of methoxy groups -OCH3 is 1. The molecular formula is C17H25NO3. The summed E-state index contributed by atoms with van der Waals surface area (Å²) in [5.41, 5.74) is 0.581. The summed E-state index contributed by atoms with van der Waals surface area (Å²) in [5, 5.41) is 9.59. The third-order valence-electron chi connectivity index (χ3n) is 4.86. The van der Waals surface area contributed by atoms with Crippen molar-refractivity contribution in [2.75, 3.05) is 20.2 Å². The van der Waals surface area contributed by atoms with Gasteiger partial charge >= 0.3 is 5.97 Å². The van der Waals surface area contributed by atoms with E-state index in [0.29, 0.717) is 13.0 Å². The zero-order valence-electron chi connectivity index (χ0n) is 13.1. The van der Waals surface area contributed by atoms with E-state index in [4.69, 9.17) is 4.74 Å². The second-order valence-electron chi connectivity index (χ2n) is 5.97. The van der Waals surface area contributed by atoms with E-state index in [9.17, 15) is 9.90 Å². The minimum absolute atomic E-state index is 0.200. The van der Waals surface area contributed by atoms with Gasteiger partial charge in [-0.3, -0.25) is 9.69 Å². The Morgan fingerprint density at radius 1 is 1.52 bits per heavy atom. The van der Waals surface area contributed by atoms with Gasteiger partial charge in [0.05, 0.1) is 12.5 Å². The smallest absolute Gasteiger partial charge is 0.310 e. The van der Waals surface area contributed by atoms with Crippen LogP contribution in [0, 0.1) is 5.41 Å². The largest absolute Gasteiger partial charge is 0.497 e. The van der Waals surface area contributed by atoms with Crippen LogP contribution in [0.1, 0.15) is 44.7 Å². The minimum Gasteiger partial charge on any atom is -0.497 e. The molecule has 116 valence electrons. The van der Waals surface area contributed by atoms with Crippen molar-refractivity contribution in [3.63, 3.8) is 0 Å². The SMILES string of the molecule is CCC1(C(=O)O)CCCN(C(C)c2cccc(OC)c2)C1. The van der Waals surface area contributed by atoms with Crippen LogP contribution in [0.4, 0.5) is 0 Å². The standard InChI is InChI=1S/C17H25NO3/c1-4-17(16(19)20)9-6-10-18(12-17)13(2)14-7-5-8-15(11-14)21-3/h5,7-8,11,13H,4,6,9-10,12H2,1-3H3,(H,19,20). The van der Waals surface area contributed by atoms with Crippen molar-refractivity contribution in [1.82, 2.24) is 4.90 Å². The van der Waals surface area contributed by atoms with Crippen LogP contribution < -0.4 is 4.74 Å². The van der Waals surface area contributed by atoms with Gasteiger partial charge in [-0.15, -0.1) is 0 Å². The lowest BCUT2D eigenvalue weighted by Gasteiger charge is -2.42. The zero-order valence-corrected chi connectivity index (χ0v) is 13.1. The Bertz CT molecular complexity index is 503. The predicted molar refractivity (Wildman–Crippen MR) is 82.6 cm³/mol. The molecule has 1 saturated heterocycles. The number of carboxylic acid groups (broad SMARTS) is 1. The molecule has 0 saturated carbocycles. The lowest BCUT2D eigenvalue weighted by atomic mass is 9.77. The summed E-state index contributed by atoms with van der Waals surface area (Å²) in [7, 11) is 1.66. The molecule has 1 fully saturated rings. The van der Waals surface area contributed by atoms with E-state index in [0.717, 1.165) is 25.1 Å². The van der Waals surface area contributed by atoms with E-state index in [-0.39, 0.29) is 6.04 Å². The maximum absolute atomic E-state index is 11.7. The van der Waals surface area contributed by atoms with Crippen LogP contribution in [0.3, 0.4) is 0 Å². The first-order valence-electron chi connectivity index (χ1n) is 7.64. The maximum atomic E-state index is 11.7. The fourth-order valence-electron chi connectivity index (χ4n) is 3.22. The summed E-state index contributed by atoms with van der Waals surface area (Å²) in [6.07, 6.45) is 2.40. The molecule has 1 aliphatic heterocycles. The summed E-state index contributed by atoms with van der Waals surface area (Å²) < 4.78 is 5.28. The fourth-order valence-corrected chi connectivity index (χ4v) is 3.22. The van der Waals surface area contributed by atoms with Gasteiger partial charge in [-0.1, -0.05) is 19.1 Å². The highest BCUT2D eigenvalue weighted by atomic mass is 16.5. The van der Waals surface area contributed by atoms with E-state index < -0.39 is 11.4 Å². The average Bonchev–Trinajstić information content (AvgIpc) is 2.54. The van der Waals surface area contributed by atoms with E-state index in [2.05, 4.69) is 17.9 Å². The molecule has 0 radical (unpaired) electrons. The molecule has 1 aromatic carbocycles. The first kappa shape index (κ1) is 15.8. The second-order valence-corrected chi connectivity index (χ2v) is 5.97. The lowest BCUT2D eigenvalue weighted by Crippen LogP contribution is -2.48. The highest BCUT2D eigenvalue weighted by molar-refractivity contribution is 5.75. The molecule has 2 atom stereocenters. The van der Waals surface area contributed by atoms with E-state index >= 15 is 0 Å². The van der Waals surface area contributed by atoms with Gasteiger partial charge in [0.2, 0.25) is 0 Å². The molecular weight excluding hydrogens is 266 g/mol. The van der Waals surface area contributed by atoms with Crippen LogP contribution in [-0.2, 0) is 4.79 Å². The van der Waals surface area contributed by atoms with Crippen LogP contribution in [0.15, 0.2) is 24.3 Å². The fraction of sp³-hybridized carbons (Fsp3) is 0.588. The predicted octanol–water partition coefficient (Wildman–Crippen LogP) is 3.33. The van der Waals surface area contributed by atoms with Crippen LogP contribution in [-0.4, -0.2) is 36.2 Å². The number of ether oxygens (including phenoxy) is 1. The molecule has 0 aliphatic carbocycles. The molecule has 2 unspecified atom stereocenters. The van der Waals surface area contributed by atoms with Crippen molar-refractivity contribution in [3.8, 4) is 5.75 Å². The van der Waals surface area contributed by atoms with Gasteiger partial charge in [-0.2, -0.15) is 0 Å². The Hall–Kier alpha value is -1.55. The molecule has 0 spiro atoms. The third kappa shape index (κ3) is 3.21. The van der Waals surface area contributed by atoms with Crippen molar-refractivity contribution >= 4 is 5.97 Å². The molecule has 1 N–H and O–H groups in total. The number of likely N-dealkylation sites (tertiary alicyclic amines) is 1. The number of piperidine rings is 1. The normalized spacial score (nSPS) is 24.5. The molecule has 4 nitrogen and oxygen atoms in total. The molecule has 0 bridgehead atoms. The number of carbonyl (C=O) groups is 1. The highest BCUT2D eigenvalue weighted by Gasteiger charge is 2.41. The zero-order chi connectivity index (χ0) is 15.5. The summed E-state index contributed by atoms with van der Waals surface area (Å²) in [6.45, 7) is 5.70. The number of hydrogen-bond acceptors (Lipinski definition) is 3. The number of nitrogens with zero attached hydrogens (tertiary/aromatic N) is 1. The number of hydrogen-bond donors (Lipinski definition) is 1. The monoisotopic (exact) mass is 291 g/mol. The summed E-state index contributed by atoms with van der Waals surface area (Å²) in [6, 6.07) is 8.23. The molecule has 1 aromatic rings. The van der Waals surface area contributed by atoms with E-state index in [1.54, 1.807) is 7.11 Å². The van der Waals surface area contributed by atoms with Gasteiger partial charge in [0, 0.05) is 12.6 Å². The number of aliphatic carboxylic acids is 1. The van der Waals surface area contributed by atoms with Gasteiger partial charge in [0.15, 0.2) is 0 Å². The van der Waals surface area contributed by atoms with Crippen molar-refractivity contribution in [2.45, 2.75) is 39.2 Å². The van der Waals surface area contributed by atoms with Crippen LogP contribution in [0.5, 0.6) is 5.75 Å². The topological polar surface area (TPSA) is 49.8 Å². The Morgan fingerprint density at radius 3 is 2.90 bits per heavy atom. The minimum atomic E-state index is -0.660. The molecule has 1 aliphatic rings. The number of benzene rings is 1. The summed E-state index contributed by atoms with van der Waals surface area (Å²) >= 11 is 0. The molecule has 0 aromatic heterocycles. The van der Waals surface area contributed by atoms with Crippen LogP contribution >= 0.6 is 0 Å². The first-order chi connectivity index (χ1) is 10.0. The van der Waals surface area contributed by atoms with Gasteiger partial charge < -0.3 is 9.84 Å². The Kier molecular flexibility index (Phi) is 4.88. The Balaban J connectivity index is 2.18.